The molecule has 0 aliphatic rings. The molecule has 0 radical (unpaired) electrons. The molecule has 2 rings (SSSR count). The highest BCUT2D eigenvalue weighted by Gasteiger charge is 2.12. The summed E-state index contributed by atoms with van der Waals surface area (Å²) in [6, 6.07) is 15.4. The second-order valence-corrected chi connectivity index (χ2v) is 6.40. The van der Waals surface area contributed by atoms with Crippen molar-refractivity contribution in [3.8, 4) is 0 Å². The van der Waals surface area contributed by atoms with E-state index in [0.717, 1.165) is 21.3 Å². The highest BCUT2D eigenvalue weighted by atomic mass is 79.9. The van der Waals surface area contributed by atoms with Crippen molar-refractivity contribution in [3.63, 3.8) is 0 Å². The minimum absolute atomic E-state index is 0.0322. The van der Waals surface area contributed by atoms with Gasteiger partial charge in [-0.25, -0.2) is 0 Å². The van der Waals surface area contributed by atoms with E-state index < -0.39 is 0 Å². The van der Waals surface area contributed by atoms with Gasteiger partial charge in [0.2, 0.25) is 0 Å². The molecule has 1 amide bonds. The van der Waals surface area contributed by atoms with E-state index in [4.69, 9.17) is 12.2 Å². The van der Waals surface area contributed by atoms with Gasteiger partial charge in [-0.2, -0.15) is 0 Å². The Balaban J connectivity index is 2.51. The molecule has 0 heterocycles. The zero-order valence-electron chi connectivity index (χ0n) is 13.0. The van der Waals surface area contributed by atoms with Crippen molar-refractivity contribution >= 4 is 45.1 Å². The third-order valence-corrected chi connectivity index (χ3v) is 3.85. The summed E-state index contributed by atoms with van der Waals surface area (Å²) in [7, 11) is 3.48. The first kappa shape index (κ1) is 17.5. The molecule has 23 heavy (non-hydrogen) atoms. The van der Waals surface area contributed by atoms with Crippen LogP contribution in [-0.2, 0) is 0 Å². The van der Waals surface area contributed by atoms with E-state index in [2.05, 4.69) is 20.9 Å². The van der Waals surface area contributed by atoms with E-state index in [9.17, 15) is 4.79 Å². The molecule has 0 spiro atoms. The molecule has 0 saturated heterocycles. The first-order valence-electron chi connectivity index (χ1n) is 7.09. The Kier molecular flexibility index (Phi) is 6.19. The standard InChI is InChI=1S/C18H17BrN2OS/c1-21(2)18(22)15-7-3-5-13(11-15)17(20-9-10-23)14-6-4-8-16(19)12-14/h3-8,10-12H,9H2,1-2H3. The Hall–Kier alpha value is -1.85. The van der Waals surface area contributed by atoms with Crippen LogP contribution >= 0.6 is 28.1 Å². The van der Waals surface area contributed by atoms with Crippen LogP contribution in [0.1, 0.15) is 21.5 Å². The smallest absolute Gasteiger partial charge is 0.253 e. The van der Waals surface area contributed by atoms with Gasteiger partial charge >= 0.3 is 0 Å². The number of nitrogens with zero attached hydrogens (tertiary/aromatic N) is 2. The number of rotatable bonds is 5. The lowest BCUT2D eigenvalue weighted by Crippen LogP contribution is -2.22. The monoisotopic (exact) mass is 388 g/mol. The van der Waals surface area contributed by atoms with Crippen LogP contribution in [0.5, 0.6) is 0 Å². The summed E-state index contributed by atoms with van der Waals surface area (Å²) in [4.78, 5) is 18.3. The SMILES string of the molecule is CN(C)C(=O)c1cccc(C(=NCC=S)c2cccc(Br)c2)c1. The summed E-state index contributed by atoms with van der Waals surface area (Å²) in [6.07, 6.45) is 0. The van der Waals surface area contributed by atoms with Gasteiger partial charge in [-0.05, 0) is 24.3 Å². The Morgan fingerprint density at radius 2 is 1.74 bits per heavy atom. The molecule has 0 aromatic heterocycles. The molecular weight excluding hydrogens is 372 g/mol. The van der Waals surface area contributed by atoms with Crippen LogP contribution in [0.2, 0.25) is 0 Å². The van der Waals surface area contributed by atoms with Gasteiger partial charge in [-0.1, -0.05) is 52.4 Å². The third-order valence-electron chi connectivity index (χ3n) is 3.21. The molecular formula is C18H17BrN2OS. The first-order valence-corrected chi connectivity index (χ1v) is 8.35. The maximum atomic E-state index is 12.2. The summed E-state index contributed by atoms with van der Waals surface area (Å²) in [6.45, 7) is 0.447. The molecule has 0 saturated carbocycles. The summed E-state index contributed by atoms with van der Waals surface area (Å²) in [5.74, 6) is -0.0322. The van der Waals surface area contributed by atoms with Crippen molar-refractivity contribution in [2.24, 2.45) is 4.99 Å². The average Bonchev–Trinajstić information content (AvgIpc) is 2.55. The van der Waals surface area contributed by atoms with Crippen LogP contribution in [0.25, 0.3) is 0 Å². The molecule has 0 bridgehead atoms. The summed E-state index contributed by atoms with van der Waals surface area (Å²) < 4.78 is 0.977. The van der Waals surface area contributed by atoms with Crippen molar-refractivity contribution in [3.05, 3.63) is 69.7 Å². The van der Waals surface area contributed by atoms with Gasteiger partial charge in [0.1, 0.15) is 0 Å². The number of amides is 1. The molecule has 0 N–H and O–H groups in total. The number of carbonyl (C=O) groups excluding carboxylic acids is 1. The number of halogens is 1. The molecule has 2 aromatic carbocycles. The van der Waals surface area contributed by atoms with Crippen molar-refractivity contribution in [1.29, 1.82) is 0 Å². The predicted octanol–water partition coefficient (Wildman–Crippen LogP) is 3.99. The van der Waals surface area contributed by atoms with Crippen LogP contribution in [0.15, 0.2) is 58.0 Å². The number of hydrogen-bond acceptors (Lipinski definition) is 3. The molecule has 2 aromatic rings. The maximum absolute atomic E-state index is 12.2. The number of aliphatic imine (C=N–C) groups is 1. The Morgan fingerprint density at radius 3 is 2.35 bits per heavy atom. The van der Waals surface area contributed by atoms with Crippen molar-refractivity contribution in [1.82, 2.24) is 4.90 Å². The van der Waals surface area contributed by atoms with Crippen molar-refractivity contribution in [2.75, 3.05) is 20.6 Å². The number of benzene rings is 2. The van der Waals surface area contributed by atoms with Gasteiger partial charge in [-0.15, -0.1) is 0 Å². The lowest BCUT2D eigenvalue weighted by atomic mass is 10.00. The van der Waals surface area contributed by atoms with Gasteiger partial charge in [0.25, 0.3) is 5.91 Å². The van der Waals surface area contributed by atoms with Crippen LogP contribution in [0.4, 0.5) is 0 Å². The summed E-state index contributed by atoms with van der Waals surface area (Å²) in [5.41, 5.74) is 3.33. The molecule has 0 atom stereocenters. The predicted molar refractivity (Wildman–Crippen MR) is 103 cm³/mol. The van der Waals surface area contributed by atoms with E-state index in [-0.39, 0.29) is 5.91 Å². The second-order valence-electron chi connectivity index (χ2n) is 5.15. The maximum Gasteiger partial charge on any atom is 0.253 e. The molecule has 0 aliphatic carbocycles. The fourth-order valence-electron chi connectivity index (χ4n) is 2.17. The second kappa shape index (κ2) is 8.13. The number of carbonyl (C=O) groups is 1. The van der Waals surface area contributed by atoms with Gasteiger partial charge in [0.15, 0.2) is 0 Å². The van der Waals surface area contributed by atoms with Gasteiger partial charge < -0.3 is 4.90 Å². The Bertz CT molecular complexity index is 756. The van der Waals surface area contributed by atoms with E-state index in [1.807, 2.05) is 48.5 Å². The van der Waals surface area contributed by atoms with Crippen molar-refractivity contribution in [2.45, 2.75) is 0 Å². The largest absolute Gasteiger partial charge is 0.345 e. The minimum atomic E-state index is -0.0322. The molecule has 118 valence electrons. The fraction of sp³-hybridized carbons (Fsp3) is 0.167. The van der Waals surface area contributed by atoms with E-state index >= 15 is 0 Å². The van der Waals surface area contributed by atoms with Gasteiger partial charge in [0.05, 0.1) is 12.3 Å². The van der Waals surface area contributed by atoms with Gasteiger partial charge in [0, 0.05) is 40.6 Å². The fourth-order valence-corrected chi connectivity index (χ4v) is 2.65. The Labute approximate surface area is 150 Å². The van der Waals surface area contributed by atoms with Crippen molar-refractivity contribution < 1.29 is 4.79 Å². The van der Waals surface area contributed by atoms with Crippen LogP contribution in [0, 0.1) is 0 Å². The molecule has 0 aliphatic heterocycles. The molecule has 5 heteroatoms. The topological polar surface area (TPSA) is 32.7 Å². The van der Waals surface area contributed by atoms with E-state index in [0.29, 0.717) is 12.1 Å². The molecule has 0 fully saturated rings. The third kappa shape index (κ3) is 4.56. The van der Waals surface area contributed by atoms with Gasteiger partial charge in [-0.3, -0.25) is 9.79 Å². The average molecular weight is 389 g/mol. The van der Waals surface area contributed by atoms with Crippen LogP contribution in [0.3, 0.4) is 0 Å². The lowest BCUT2D eigenvalue weighted by Gasteiger charge is -2.12. The van der Waals surface area contributed by atoms with E-state index in [1.165, 1.54) is 0 Å². The zero-order chi connectivity index (χ0) is 16.8. The van der Waals surface area contributed by atoms with E-state index in [1.54, 1.807) is 24.4 Å². The quantitative estimate of drug-likeness (QED) is 0.572. The molecule has 0 unspecified atom stereocenters. The lowest BCUT2D eigenvalue weighted by molar-refractivity contribution is 0.0827. The van der Waals surface area contributed by atoms with Crippen LogP contribution in [-0.4, -0.2) is 42.5 Å². The highest BCUT2D eigenvalue weighted by Crippen LogP contribution is 2.18. The number of hydrogen-bond donors (Lipinski definition) is 0. The normalized spacial score (nSPS) is 11.2. The zero-order valence-corrected chi connectivity index (χ0v) is 15.4. The minimum Gasteiger partial charge on any atom is -0.345 e. The van der Waals surface area contributed by atoms with Crippen LogP contribution < -0.4 is 0 Å². The first-order chi connectivity index (χ1) is 11.0. The summed E-state index contributed by atoms with van der Waals surface area (Å²) >= 11 is 8.38. The number of thiocarbonyl (C=S) groups is 1. The Morgan fingerprint density at radius 1 is 1.13 bits per heavy atom. The highest BCUT2D eigenvalue weighted by molar-refractivity contribution is 9.10. The molecule has 3 nitrogen and oxygen atoms in total. The summed E-state index contributed by atoms with van der Waals surface area (Å²) in [5, 5.41) is 1.59.